The highest BCUT2D eigenvalue weighted by molar-refractivity contribution is 5.41. The molecule has 0 spiro atoms. The fraction of sp³-hybridized carbons (Fsp3) is 0.133. The molecule has 0 aliphatic heterocycles. The van der Waals surface area contributed by atoms with E-state index in [0.717, 1.165) is 6.07 Å². The van der Waals surface area contributed by atoms with Gasteiger partial charge in [-0.15, -0.1) is 0 Å². The van der Waals surface area contributed by atoms with Gasteiger partial charge in [-0.2, -0.15) is 5.26 Å². The minimum Gasteiger partial charge on any atom is -0.457 e. The number of hydrogen-bond acceptors (Lipinski definition) is 3. The summed E-state index contributed by atoms with van der Waals surface area (Å²) in [6.07, 6.45) is -0.681. The molecule has 2 aromatic rings. The van der Waals surface area contributed by atoms with Crippen LogP contribution >= 0.6 is 0 Å². The first-order valence-electron chi connectivity index (χ1n) is 5.76. The Bertz CT molecular complexity index is 632. The largest absolute Gasteiger partial charge is 0.457 e. The van der Waals surface area contributed by atoms with Gasteiger partial charge in [-0.1, -0.05) is 18.2 Å². The van der Waals surface area contributed by atoms with E-state index in [1.807, 2.05) is 0 Å². The predicted octanol–water partition coefficient (Wildman–Crippen LogP) is 3.54. The van der Waals surface area contributed by atoms with E-state index < -0.39 is 11.9 Å². The number of para-hydroxylation sites is 1. The Balaban J connectivity index is 2.32. The summed E-state index contributed by atoms with van der Waals surface area (Å²) in [5, 5.41) is 18.3. The van der Waals surface area contributed by atoms with Gasteiger partial charge < -0.3 is 9.84 Å². The first-order chi connectivity index (χ1) is 9.11. The van der Waals surface area contributed by atoms with Gasteiger partial charge in [-0.3, -0.25) is 0 Å². The lowest BCUT2D eigenvalue weighted by atomic mass is 10.1. The number of rotatable bonds is 3. The Morgan fingerprint density at radius 3 is 2.63 bits per heavy atom. The zero-order chi connectivity index (χ0) is 13.8. The van der Waals surface area contributed by atoms with Gasteiger partial charge in [0.15, 0.2) is 0 Å². The molecule has 0 fully saturated rings. The molecule has 0 radical (unpaired) electrons. The third-order valence-corrected chi connectivity index (χ3v) is 2.66. The van der Waals surface area contributed by atoms with Crippen LogP contribution in [0.2, 0.25) is 0 Å². The number of ether oxygens (including phenoxy) is 1. The van der Waals surface area contributed by atoms with Gasteiger partial charge >= 0.3 is 0 Å². The van der Waals surface area contributed by atoms with Crippen LogP contribution in [-0.4, -0.2) is 5.11 Å². The molecule has 0 aliphatic rings. The number of aliphatic hydroxyl groups is 1. The molecule has 0 aromatic heterocycles. The minimum atomic E-state index is -0.681. The monoisotopic (exact) mass is 257 g/mol. The SMILES string of the molecule is C[C@H](O)c1ccccc1Oc1ccc(C#N)c(F)c1. The van der Waals surface area contributed by atoms with Crippen molar-refractivity contribution in [3.8, 4) is 17.6 Å². The molecule has 0 heterocycles. The lowest BCUT2D eigenvalue weighted by molar-refractivity contribution is 0.195. The number of hydrogen-bond donors (Lipinski definition) is 1. The highest BCUT2D eigenvalue weighted by atomic mass is 19.1. The number of nitriles is 1. The van der Waals surface area contributed by atoms with Crippen LogP contribution in [0.4, 0.5) is 4.39 Å². The Labute approximate surface area is 110 Å². The third kappa shape index (κ3) is 2.90. The maximum atomic E-state index is 13.5. The molecule has 0 unspecified atom stereocenters. The van der Waals surface area contributed by atoms with E-state index in [2.05, 4.69) is 0 Å². The van der Waals surface area contributed by atoms with Crippen LogP contribution in [0, 0.1) is 17.1 Å². The van der Waals surface area contributed by atoms with Crippen molar-refractivity contribution in [1.82, 2.24) is 0 Å². The Morgan fingerprint density at radius 2 is 2.00 bits per heavy atom. The number of nitrogens with zero attached hydrogens (tertiary/aromatic N) is 1. The van der Waals surface area contributed by atoms with Crippen molar-refractivity contribution in [2.24, 2.45) is 0 Å². The Hall–Kier alpha value is -2.38. The van der Waals surface area contributed by atoms with Crippen molar-refractivity contribution in [1.29, 1.82) is 5.26 Å². The van der Waals surface area contributed by atoms with Gasteiger partial charge in [-0.05, 0) is 25.1 Å². The molecule has 0 bridgehead atoms. The van der Waals surface area contributed by atoms with Gasteiger partial charge in [0.1, 0.15) is 23.4 Å². The summed E-state index contributed by atoms with van der Waals surface area (Å²) >= 11 is 0. The average molecular weight is 257 g/mol. The first-order valence-corrected chi connectivity index (χ1v) is 5.76. The number of halogens is 1. The van der Waals surface area contributed by atoms with Crippen LogP contribution in [0.1, 0.15) is 24.2 Å². The lowest BCUT2D eigenvalue weighted by Gasteiger charge is -2.13. The van der Waals surface area contributed by atoms with Crippen LogP contribution in [-0.2, 0) is 0 Å². The van der Waals surface area contributed by atoms with Gasteiger partial charge in [-0.25, -0.2) is 4.39 Å². The zero-order valence-corrected chi connectivity index (χ0v) is 10.3. The van der Waals surface area contributed by atoms with E-state index in [4.69, 9.17) is 10.00 Å². The van der Waals surface area contributed by atoms with Crippen LogP contribution < -0.4 is 4.74 Å². The minimum absolute atomic E-state index is 0.0313. The quantitative estimate of drug-likeness (QED) is 0.914. The second-order valence-corrected chi connectivity index (χ2v) is 4.07. The molecular formula is C15H12FNO2. The molecule has 0 aliphatic carbocycles. The highest BCUT2D eigenvalue weighted by Gasteiger charge is 2.10. The summed E-state index contributed by atoms with van der Waals surface area (Å²) in [6.45, 7) is 1.63. The van der Waals surface area contributed by atoms with Crippen molar-refractivity contribution >= 4 is 0 Å². The van der Waals surface area contributed by atoms with E-state index in [1.54, 1.807) is 37.3 Å². The molecule has 3 nitrogen and oxygen atoms in total. The summed E-state index contributed by atoms with van der Waals surface area (Å²) in [4.78, 5) is 0. The second-order valence-electron chi connectivity index (χ2n) is 4.07. The van der Waals surface area contributed by atoms with E-state index in [9.17, 15) is 9.50 Å². The Morgan fingerprint density at radius 1 is 1.26 bits per heavy atom. The molecule has 0 saturated carbocycles. The lowest BCUT2D eigenvalue weighted by Crippen LogP contribution is -1.96. The molecule has 19 heavy (non-hydrogen) atoms. The van der Waals surface area contributed by atoms with Crippen LogP contribution in [0.15, 0.2) is 42.5 Å². The van der Waals surface area contributed by atoms with Crippen molar-refractivity contribution < 1.29 is 14.2 Å². The molecule has 0 saturated heterocycles. The average Bonchev–Trinajstić information content (AvgIpc) is 2.39. The maximum Gasteiger partial charge on any atom is 0.144 e. The van der Waals surface area contributed by atoms with Gasteiger partial charge in [0.25, 0.3) is 0 Å². The normalized spacial score (nSPS) is 11.7. The summed E-state index contributed by atoms with van der Waals surface area (Å²) < 4.78 is 19.0. The second kappa shape index (κ2) is 5.51. The first kappa shape index (κ1) is 13.1. The van der Waals surface area contributed by atoms with Crippen LogP contribution in [0.3, 0.4) is 0 Å². The van der Waals surface area contributed by atoms with Crippen LogP contribution in [0.25, 0.3) is 0 Å². The van der Waals surface area contributed by atoms with Gasteiger partial charge in [0.05, 0.1) is 11.7 Å². The molecule has 1 N–H and O–H groups in total. The number of benzene rings is 2. The van der Waals surface area contributed by atoms with E-state index in [1.165, 1.54) is 12.1 Å². The Kier molecular flexibility index (Phi) is 3.79. The fourth-order valence-corrected chi connectivity index (χ4v) is 1.70. The summed E-state index contributed by atoms with van der Waals surface area (Å²) in [5.41, 5.74) is 0.587. The molecular weight excluding hydrogens is 245 g/mol. The van der Waals surface area contributed by atoms with E-state index >= 15 is 0 Å². The van der Waals surface area contributed by atoms with Gasteiger partial charge in [0.2, 0.25) is 0 Å². The topological polar surface area (TPSA) is 53.2 Å². The van der Waals surface area contributed by atoms with Crippen molar-refractivity contribution in [2.45, 2.75) is 13.0 Å². The summed E-state index contributed by atoms with van der Waals surface area (Å²) in [7, 11) is 0. The molecule has 1 atom stereocenters. The fourth-order valence-electron chi connectivity index (χ4n) is 1.70. The maximum absolute atomic E-state index is 13.5. The number of aliphatic hydroxyl groups excluding tert-OH is 1. The molecule has 96 valence electrons. The zero-order valence-electron chi connectivity index (χ0n) is 10.3. The van der Waals surface area contributed by atoms with Crippen molar-refractivity contribution in [2.75, 3.05) is 0 Å². The van der Waals surface area contributed by atoms with Crippen molar-refractivity contribution in [3.63, 3.8) is 0 Å². The van der Waals surface area contributed by atoms with E-state index in [0.29, 0.717) is 11.3 Å². The standard InChI is InChI=1S/C15H12FNO2/c1-10(18)13-4-2-3-5-15(13)19-12-7-6-11(9-17)14(16)8-12/h2-8,10,18H,1H3/t10-/m0/s1. The smallest absolute Gasteiger partial charge is 0.144 e. The van der Waals surface area contributed by atoms with Crippen LogP contribution in [0.5, 0.6) is 11.5 Å². The molecule has 2 aromatic carbocycles. The third-order valence-electron chi connectivity index (χ3n) is 2.66. The van der Waals surface area contributed by atoms with Gasteiger partial charge in [0, 0.05) is 11.6 Å². The molecule has 2 rings (SSSR count). The van der Waals surface area contributed by atoms with E-state index in [-0.39, 0.29) is 11.3 Å². The highest BCUT2D eigenvalue weighted by Crippen LogP contribution is 2.30. The van der Waals surface area contributed by atoms with Crippen molar-refractivity contribution in [3.05, 3.63) is 59.4 Å². The molecule has 4 heteroatoms. The molecule has 0 amide bonds. The predicted molar refractivity (Wildman–Crippen MR) is 68.3 cm³/mol. The summed E-state index contributed by atoms with van der Waals surface area (Å²) in [5.74, 6) is 0.112. The summed E-state index contributed by atoms with van der Waals surface area (Å²) in [6, 6.07) is 12.7.